The van der Waals surface area contributed by atoms with Crippen LogP contribution in [0.4, 0.5) is 0 Å². The number of fused-ring (bicyclic) bond motifs is 1. The summed E-state index contributed by atoms with van der Waals surface area (Å²) in [5.74, 6) is 0. The number of hydrogen-bond donors (Lipinski definition) is 1. The Morgan fingerprint density at radius 3 is 2.84 bits per heavy atom. The van der Waals surface area contributed by atoms with E-state index in [9.17, 15) is 4.79 Å². The molecule has 3 nitrogen and oxygen atoms in total. The molecule has 0 radical (unpaired) electrons. The van der Waals surface area contributed by atoms with Gasteiger partial charge in [0.25, 0.3) is 5.56 Å². The molecular formula is C16H18N2O. The zero-order valence-corrected chi connectivity index (χ0v) is 11.3. The molecule has 0 spiro atoms. The van der Waals surface area contributed by atoms with E-state index in [4.69, 9.17) is 0 Å². The third kappa shape index (κ3) is 3.19. The molecule has 0 unspecified atom stereocenters. The molecule has 98 valence electrons. The minimum atomic E-state index is -0.0883. The van der Waals surface area contributed by atoms with Crippen LogP contribution in [0.15, 0.2) is 52.9 Å². The Kier molecular flexibility index (Phi) is 4.29. The average molecular weight is 254 g/mol. The van der Waals surface area contributed by atoms with Gasteiger partial charge in [0.1, 0.15) is 5.69 Å². The molecule has 0 bridgehead atoms. The van der Waals surface area contributed by atoms with Crippen molar-refractivity contribution in [2.75, 3.05) is 0 Å². The van der Waals surface area contributed by atoms with Gasteiger partial charge in [-0.2, -0.15) is 0 Å². The summed E-state index contributed by atoms with van der Waals surface area (Å²) in [5, 5.41) is 0. The predicted molar refractivity (Wildman–Crippen MR) is 79.3 cm³/mol. The molecule has 0 saturated carbocycles. The zero-order valence-electron chi connectivity index (χ0n) is 11.3. The Bertz CT molecular complexity index is 680. The zero-order chi connectivity index (χ0) is 13.7. The Labute approximate surface area is 112 Å². The Hall–Kier alpha value is -2.16. The van der Waals surface area contributed by atoms with Gasteiger partial charge in [-0.25, -0.2) is 4.98 Å². The summed E-state index contributed by atoms with van der Waals surface area (Å²) in [4.78, 5) is 19.3. The van der Waals surface area contributed by atoms with Crippen molar-refractivity contribution >= 4 is 11.0 Å². The number of allylic oxidation sites excluding steroid dienone is 4. The fourth-order valence-corrected chi connectivity index (χ4v) is 2.04. The van der Waals surface area contributed by atoms with Crippen molar-refractivity contribution in [1.82, 2.24) is 9.97 Å². The van der Waals surface area contributed by atoms with Gasteiger partial charge in [-0.3, -0.25) is 4.79 Å². The standard InChI is InChI=1S/C16H18N2O/c1-3-7-12(4-2)10-11-15-16(19)18-14-9-6-5-8-13(14)17-15/h3-9H,10-11H2,1-2H3,(H,18,19)/b7-3-,12-4+. The summed E-state index contributed by atoms with van der Waals surface area (Å²) < 4.78 is 0. The Morgan fingerprint density at radius 2 is 2.11 bits per heavy atom. The van der Waals surface area contributed by atoms with Crippen LogP contribution in [0.1, 0.15) is 26.0 Å². The van der Waals surface area contributed by atoms with Gasteiger partial charge in [0.2, 0.25) is 0 Å². The first-order valence-corrected chi connectivity index (χ1v) is 6.50. The molecule has 1 heterocycles. The van der Waals surface area contributed by atoms with E-state index in [1.165, 1.54) is 5.57 Å². The van der Waals surface area contributed by atoms with Crippen molar-refractivity contribution in [3.05, 3.63) is 64.1 Å². The highest BCUT2D eigenvalue weighted by Gasteiger charge is 2.04. The number of aromatic nitrogens is 2. The van der Waals surface area contributed by atoms with E-state index in [-0.39, 0.29) is 5.56 Å². The predicted octanol–water partition coefficient (Wildman–Crippen LogP) is 3.38. The van der Waals surface area contributed by atoms with Gasteiger partial charge in [0, 0.05) is 0 Å². The van der Waals surface area contributed by atoms with E-state index < -0.39 is 0 Å². The number of H-pyrrole nitrogens is 1. The fourth-order valence-electron chi connectivity index (χ4n) is 2.04. The summed E-state index contributed by atoms with van der Waals surface area (Å²) in [5.41, 5.74) is 3.36. The number of nitrogens with one attached hydrogen (secondary N) is 1. The third-order valence-electron chi connectivity index (χ3n) is 3.07. The van der Waals surface area contributed by atoms with Crippen LogP contribution in [0.5, 0.6) is 0 Å². The normalized spacial score (nSPS) is 12.4. The largest absolute Gasteiger partial charge is 0.319 e. The lowest BCUT2D eigenvalue weighted by Crippen LogP contribution is -2.15. The molecule has 0 aliphatic heterocycles. The lowest BCUT2D eigenvalue weighted by atomic mass is 10.1. The Balaban J connectivity index is 2.26. The van der Waals surface area contributed by atoms with Crippen LogP contribution in [-0.4, -0.2) is 9.97 Å². The molecular weight excluding hydrogens is 236 g/mol. The van der Waals surface area contributed by atoms with Gasteiger partial charge in [-0.15, -0.1) is 0 Å². The van der Waals surface area contributed by atoms with E-state index in [0.29, 0.717) is 12.1 Å². The lowest BCUT2D eigenvalue weighted by Gasteiger charge is -2.03. The summed E-state index contributed by atoms with van der Waals surface area (Å²) in [6.07, 6.45) is 7.62. The maximum Gasteiger partial charge on any atom is 0.270 e. The van der Waals surface area contributed by atoms with E-state index in [1.807, 2.05) is 44.2 Å². The average Bonchev–Trinajstić information content (AvgIpc) is 2.43. The van der Waals surface area contributed by atoms with Crippen molar-refractivity contribution in [2.45, 2.75) is 26.7 Å². The molecule has 2 aromatic rings. The Morgan fingerprint density at radius 1 is 1.32 bits per heavy atom. The topological polar surface area (TPSA) is 45.8 Å². The van der Waals surface area contributed by atoms with Gasteiger partial charge >= 0.3 is 0 Å². The molecule has 0 aliphatic rings. The van der Waals surface area contributed by atoms with Crippen LogP contribution in [-0.2, 0) is 6.42 Å². The van der Waals surface area contributed by atoms with Crippen LogP contribution in [0, 0.1) is 0 Å². The minimum Gasteiger partial charge on any atom is -0.319 e. The molecule has 2 rings (SSSR count). The number of aryl methyl sites for hydroxylation is 1. The number of rotatable bonds is 4. The highest BCUT2D eigenvalue weighted by Crippen LogP contribution is 2.10. The van der Waals surface area contributed by atoms with Crippen molar-refractivity contribution in [3.8, 4) is 0 Å². The number of nitrogens with zero attached hydrogens (tertiary/aromatic N) is 1. The maximum atomic E-state index is 11.9. The van der Waals surface area contributed by atoms with Crippen molar-refractivity contribution in [1.29, 1.82) is 0 Å². The molecule has 0 amide bonds. The first-order chi connectivity index (χ1) is 9.24. The molecule has 3 heteroatoms. The summed E-state index contributed by atoms with van der Waals surface area (Å²) in [6, 6.07) is 7.60. The second kappa shape index (κ2) is 6.14. The molecule has 0 aliphatic carbocycles. The van der Waals surface area contributed by atoms with Gasteiger partial charge in [-0.05, 0) is 38.8 Å². The van der Waals surface area contributed by atoms with Gasteiger partial charge in [0.15, 0.2) is 0 Å². The van der Waals surface area contributed by atoms with Crippen LogP contribution in [0.25, 0.3) is 11.0 Å². The van der Waals surface area contributed by atoms with Gasteiger partial charge in [0.05, 0.1) is 11.0 Å². The number of hydrogen-bond acceptors (Lipinski definition) is 2. The lowest BCUT2D eigenvalue weighted by molar-refractivity contribution is 0.896. The summed E-state index contributed by atoms with van der Waals surface area (Å²) in [7, 11) is 0. The van der Waals surface area contributed by atoms with E-state index in [1.54, 1.807) is 0 Å². The highest BCUT2D eigenvalue weighted by molar-refractivity contribution is 5.73. The van der Waals surface area contributed by atoms with E-state index in [2.05, 4.69) is 22.1 Å². The van der Waals surface area contributed by atoms with Crippen LogP contribution in [0.2, 0.25) is 0 Å². The first-order valence-electron chi connectivity index (χ1n) is 6.50. The summed E-state index contributed by atoms with van der Waals surface area (Å²) in [6.45, 7) is 4.00. The monoisotopic (exact) mass is 254 g/mol. The second-order valence-electron chi connectivity index (χ2n) is 4.39. The number of aromatic amines is 1. The highest BCUT2D eigenvalue weighted by atomic mass is 16.1. The first kappa shape index (κ1) is 13.3. The molecule has 1 aromatic carbocycles. The molecule has 19 heavy (non-hydrogen) atoms. The number of para-hydroxylation sites is 2. The van der Waals surface area contributed by atoms with Crippen molar-refractivity contribution in [3.63, 3.8) is 0 Å². The molecule has 1 aromatic heterocycles. The van der Waals surface area contributed by atoms with E-state index in [0.717, 1.165) is 17.5 Å². The molecule has 1 N–H and O–H groups in total. The van der Waals surface area contributed by atoms with Crippen molar-refractivity contribution < 1.29 is 0 Å². The smallest absolute Gasteiger partial charge is 0.270 e. The van der Waals surface area contributed by atoms with Gasteiger partial charge in [-0.1, -0.05) is 35.9 Å². The van der Waals surface area contributed by atoms with Gasteiger partial charge < -0.3 is 4.98 Å². The number of benzene rings is 1. The van der Waals surface area contributed by atoms with E-state index >= 15 is 0 Å². The fraction of sp³-hybridized carbons (Fsp3) is 0.250. The molecule has 0 fully saturated rings. The molecule has 0 saturated heterocycles. The quantitative estimate of drug-likeness (QED) is 0.850. The molecule has 0 atom stereocenters. The van der Waals surface area contributed by atoms with Crippen LogP contribution in [0.3, 0.4) is 0 Å². The second-order valence-corrected chi connectivity index (χ2v) is 4.39. The third-order valence-corrected chi connectivity index (χ3v) is 3.07. The minimum absolute atomic E-state index is 0.0883. The van der Waals surface area contributed by atoms with Crippen molar-refractivity contribution in [2.24, 2.45) is 0 Å². The SMILES string of the molecule is C/C=C\C(=C/C)CCc1nc2ccccc2[nH]c1=O. The van der Waals surface area contributed by atoms with Crippen LogP contribution >= 0.6 is 0 Å². The maximum absolute atomic E-state index is 11.9. The van der Waals surface area contributed by atoms with Crippen LogP contribution < -0.4 is 5.56 Å². The summed E-state index contributed by atoms with van der Waals surface area (Å²) >= 11 is 0.